The van der Waals surface area contributed by atoms with Crippen molar-refractivity contribution in [2.45, 2.75) is 13.8 Å². The predicted octanol–water partition coefficient (Wildman–Crippen LogP) is 4.38. The summed E-state index contributed by atoms with van der Waals surface area (Å²) in [6.07, 6.45) is 0. The second-order valence-corrected chi connectivity index (χ2v) is 6.03. The standard InChI is InChI=1S/C21H22N2O2/c1-15-9-10-16(2)23(15)18-13-11-17(12-14-18)21(24)22(3)19-7-5-6-8-20(19)25-4/h5-14H,1-4H3. The van der Waals surface area contributed by atoms with E-state index in [0.29, 0.717) is 11.3 Å². The SMILES string of the molecule is COc1ccccc1N(C)C(=O)c1ccc(-n2c(C)ccc2C)cc1. The van der Waals surface area contributed by atoms with Crippen molar-refractivity contribution in [2.24, 2.45) is 0 Å². The highest BCUT2D eigenvalue weighted by atomic mass is 16.5. The number of aromatic nitrogens is 1. The molecule has 4 nitrogen and oxygen atoms in total. The number of hydrogen-bond acceptors (Lipinski definition) is 2. The first-order valence-corrected chi connectivity index (χ1v) is 8.19. The van der Waals surface area contributed by atoms with Gasteiger partial charge in [-0.05, 0) is 62.4 Å². The Morgan fingerprint density at radius 1 is 0.920 bits per heavy atom. The average molecular weight is 334 g/mol. The first kappa shape index (κ1) is 16.8. The zero-order valence-electron chi connectivity index (χ0n) is 15.0. The van der Waals surface area contributed by atoms with Crippen molar-refractivity contribution < 1.29 is 9.53 Å². The molecule has 0 saturated heterocycles. The van der Waals surface area contributed by atoms with E-state index in [9.17, 15) is 4.79 Å². The molecule has 1 heterocycles. The molecular formula is C21H22N2O2. The Morgan fingerprint density at radius 3 is 2.12 bits per heavy atom. The number of nitrogens with zero attached hydrogens (tertiary/aromatic N) is 2. The van der Waals surface area contributed by atoms with Crippen LogP contribution in [0.25, 0.3) is 5.69 Å². The fourth-order valence-corrected chi connectivity index (χ4v) is 3.04. The monoisotopic (exact) mass is 334 g/mol. The van der Waals surface area contributed by atoms with Gasteiger partial charge >= 0.3 is 0 Å². The van der Waals surface area contributed by atoms with E-state index in [0.717, 1.165) is 11.4 Å². The van der Waals surface area contributed by atoms with Gasteiger partial charge in [0.1, 0.15) is 5.75 Å². The molecule has 0 N–H and O–H groups in total. The Balaban J connectivity index is 1.88. The molecule has 128 valence electrons. The van der Waals surface area contributed by atoms with E-state index in [1.807, 2.05) is 48.5 Å². The van der Waals surface area contributed by atoms with Crippen molar-refractivity contribution in [3.63, 3.8) is 0 Å². The van der Waals surface area contributed by atoms with Gasteiger partial charge in [0.15, 0.2) is 0 Å². The van der Waals surface area contributed by atoms with Gasteiger partial charge in [0.2, 0.25) is 0 Å². The van der Waals surface area contributed by atoms with Gasteiger partial charge in [-0.1, -0.05) is 12.1 Å². The summed E-state index contributed by atoms with van der Waals surface area (Å²) < 4.78 is 7.51. The van der Waals surface area contributed by atoms with Gasteiger partial charge in [0.25, 0.3) is 5.91 Å². The molecule has 1 amide bonds. The molecule has 3 rings (SSSR count). The third-order valence-electron chi connectivity index (χ3n) is 4.39. The van der Waals surface area contributed by atoms with E-state index < -0.39 is 0 Å². The number of rotatable bonds is 4. The van der Waals surface area contributed by atoms with Crippen LogP contribution in [-0.2, 0) is 0 Å². The second kappa shape index (κ2) is 6.85. The summed E-state index contributed by atoms with van der Waals surface area (Å²) in [4.78, 5) is 14.4. The number of benzene rings is 2. The Hall–Kier alpha value is -3.01. The molecule has 4 heteroatoms. The Kier molecular flexibility index (Phi) is 4.61. The van der Waals surface area contributed by atoms with E-state index in [-0.39, 0.29) is 5.91 Å². The topological polar surface area (TPSA) is 34.5 Å². The van der Waals surface area contributed by atoms with Gasteiger partial charge in [0.05, 0.1) is 12.8 Å². The van der Waals surface area contributed by atoms with Crippen molar-refractivity contribution in [1.82, 2.24) is 4.57 Å². The maximum Gasteiger partial charge on any atom is 0.258 e. The number of carbonyl (C=O) groups excluding carboxylic acids is 1. The zero-order valence-corrected chi connectivity index (χ0v) is 15.0. The number of amides is 1. The highest BCUT2D eigenvalue weighted by Crippen LogP contribution is 2.28. The Bertz CT molecular complexity index is 875. The van der Waals surface area contributed by atoms with Crippen LogP contribution in [0.1, 0.15) is 21.7 Å². The molecule has 0 aliphatic carbocycles. The molecule has 2 aromatic carbocycles. The number of carbonyl (C=O) groups is 1. The summed E-state index contributed by atoms with van der Waals surface area (Å²) in [7, 11) is 3.36. The number of para-hydroxylation sites is 2. The second-order valence-electron chi connectivity index (χ2n) is 6.03. The number of methoxy groups -OCH3 is 1. The van der Waals surface area contributed by atoms with Crippen LogP contribution in [0.15, 0.2) is 60.7 Å². The van der Waals surface area contributed by atoms with Gasteiger partial charge in [-0.15, -0.1) is 0 Å². The highest BCUT2D eigenvalue weighted by molar-refractivity contribution is 6.06. The fraction of sp³-hybridized carbons (Fsp3) is 0.190. The van der Waals surface area contributed by atoms with Gasteiger partial charge in [0, 0.05) is 29.7 Å². The zero-order chi connectivity index (χ0) is 18.0. The third kappa shape index (κ3) is 3.15. The molecule has 0 aliphatic rings. The van der Waals surface area contributed by atoms with Crippen LogP contribution in [0.4, 0.5) is 5.69 Å². The lowest BCUT2D eigenvalue weighted by Gasteiger charge is -2.20. The van der Waals surface area contributed by atoms with Crippen molar-refractivity contribution in [1.29, 1.82) is 0 Å². The molecule has 0 aliphatic heterocycles. The molecule has 0 radical (unpaired) electrons. The van der Waals surface area contributed by atoms with Crippen molar-refractivity contribution in [3.8, 4) is 11.4 Å². The summed E-state index contributed by atoms with van der Waals surface area (Å²) in [6.45, 7) is 4.14. The Morgan fingerprint density at radius 2 is 1.52 bits per heavy atom. The van der Waals surface area contributed by atoms with E-state index in [1.165, 1.54) is 11.4 Å². The van der Waals surface area contributed by atoms with Crippen LogP contribution in [0.2, 0.25) is 0 Å². The number of aryl methyl sites for hydroxylation is 2. The first-order chi connectivity index (χ1) is 12.0. The smallest absolute Gasteiger partial charge is 0.258 e. The lowest BCUT2D eigenvalue weighted by molar-refractivity contribution is 0.0992. The normalized spacial score (nSPS) is 10.6. The molecule has 0 bridgehead atoms. The molecular weight excluding hydrogens is 312 g/mol. The fourth-order valence-electron chi connectivity index (χ4n) is 3.04. The van der Waals surface area contributed by atoms with Crippen LogP contribution in [0.3, 0.4) is 0 Å². The molecule has 1 aromatic heterocycles. The van der Waals surface area contributed by atoms with Gasteiger partial charge in [-0.25, -0.2) is 0 Å². The summed E-state index contributed by atoms with van der Waals surface area (Å²) in [5, 5.41) is 0. The van der Waals surface area contributed by atoms with E-state index in [4.69, 9.17) is 4.74 Å². The van der Waals surface area contributed by atoms with E-state index in [1.54, 1.807) is 19.1 Å². The van der Waals surface area contributed by atoms with Crippen LogP contribution in [-0.4, -0.2) is 24.6 Å². The van der Waals surface area contributed by atoms with Crippen LogP contribution >= 0.6 is 0 Å². The maximum atomic E-state index is 12.8. The molecule has 3 aromatic rings. The predicted molar refractivity (Wildman–Crippen MR) is 101 cm³/mol. The summed E-state index contributed by atoms with van der Waals surface area (Å²) in [5.41, 5.74) is 4.78. The number of anilines is 1. The largest absolute Gasteiger partial charge is 0.495 e. The van der Waals surface area contributed by atoms with Crippen LogP contribution in [0, 0.1) is 13.8 Å². The highest BCUT2D eigenvalue weighted by Gasteiger charge is 2.17. The van der Waals surface area contributed by atoms with Crippen LogP contribution < -0.4 is 9.64 Å². The lowest BCUT2D eigenvalue weighted by atomic mass is 10.1. The maximum absolute atomic E-state index is 12.8. The Labute approximate surface area is 148 Å². The molecule has 0 atom stereocenters. The number of ether oxygens (including phenoxy) is 1. The van der Waals surface area contributed by atoms with E-state index in [2.05, 4.69) is 30.5 Å². The van der Waals surface area contributed by atoms with Crippen molar-refractivity contribution >= 4 is 11.6 Å². The minimum Gasteiger partial charge on any atom is -0.495 e. The minimum absolute atomic E-state index is 0.0722. The average Bonchev–Trinajstić information content (AvgIpc) is 2.99. The first-order valence-electron chi connectivity index (χ1n) is 8.19. The molecule has 25 heavy (non-hydrogen) atoms. The van der Waals surface area contributed by atoms with Crippen molar-refractivity contribution in [2.75, 3.05) is 19.1 Å². The molecule has 0 saturated carbocycles. The van der Waals surface area contributed by atoms with Crippen LogP contribution in [0.5, 0.6) is 5.75 Å². The quantitative estimate of drug-likeness (QED) is 0.709. The van der Waals surface area contributed by atoms with Crippen molar-refractivity contribution in [3.05, 3.63) is 77.6 Å². The van der Waals surface area contributed by atoms with Gasteiger partial charge < -0.3 is 14.2 Å². The summed E-state index contributed by atoms with van der Waals surface area (Å²) >= 11 is 0. The lowest BCUT2D eigenvalue weighted by Crippen LogP contribution is -2.26. The minimum atomic E-state index is -0.0722. The summed E-state index contributed by atoms with van der Waals surface area (Å²) in [6, 6.07) is 19.3. The van der Waals surface area contributed by atoms with E-state index >= 15 is 0 Å². The molecule has 0 unspecified atom stereocenters. The number of hydrogen-bond donors (Lipinski definition) is 0. The van der Waals surface area contributed by atoms with Gasteiger partial charge in [-0.3, -0.25) is 4.79 Å². The molecule has 0 spiro atoms. The van der Waals surface area contributed by atoms with Gasteiger partial charge in [-0.2, -0.15) is 0 Å². The third-order valence-corrected chi connectivity index (χ3v) is 4.39. The molecule has 0 fully saturated rings. The summed E-state index contributed by atoms with van der Waals surface area (Å²) in [5.74, 6) is 0.602.